The van der Waals surface area contributed by atoms with Crippen molar-refractivity contribution in [1.82, 2.24) is 15.2 Å². The molecule has 6 nitrogen and oxygen atoms in total. The summed E-state index contributed by atoms with van der Waals surface area (Å²) in [6, 6.07) is 3.61. The zero-order valence-corrected chi connectivity index (χ0v) is 12.5. The number of hydrogen-bond donors (Lipinski definition) is 1. The molecular formula is C15H21N3O3. The fourth-order valence-corrected chi connectivity index (χ4v) is 2.41. The van der Waals surface area contributed by atoms with Gasteiger partial charge in [0.2, 0.25) is 0 Å². The lowest BCUT2D eigenvalue weighted by Gasteiger charge is -2.31. The number of piperidine rings is 1. The number of rotatable bonds is 3. The third kappa shape index (κ3) is 3.93. The number of pyridine rings is 1. The Morgan fingerprint density at radius 3 is 2.76 bits per heavy atom. The van der Waals surface area contributed by atoms with Crippen LogP contribution in [0.4, 0.5) is 4.79 Å². The van der Waals surface area contributed by atoms with E-state index in [1.807, 2.05) is 6.92 Å². The number of amides is 2. The van der Waals surface area contributed by atoms with E-state index in [-0.39, 0.29) is 18.0 Å². The Labute approximate surface area is 124 Å². The van der Waals surface area contributed by atoms with Crippen molar-refractivity contribution in [2.75, 3.05) is 19.7 Å². The van der Waals surface area contributed by atoms with Gasteiger partial charge in [0.25, 0.3) is 5.91 Å². The quantitative estimate of drug-likeness (QED) is 0.920. The molecule has 1 fully saturated rings. The van der Waals surface area contributed by atoms with Gasteiger partial charge >= 0.3 is 6.09 Å². The van der Waals surface area contributed by atoms with Crippen LogP contribution in [0.3, 0.4) is 0 Å². The van der Waals surface area contributed by atoms with Crippen LogP contribution >= 0.6 is 0 Å². The summed E-state index contributed by atoms with van der Waals surface area (Å²) in [5, 5.41) is 3.01. The largest absolute Gasteiger partial charge is 0.450 e. The molecule has 114 valence electrons. The molecule has 1 saturated heterocycles. The van der Waals surface area contributed by atoms with Gasteiger partial charge < -0.3 is 15.0 Å². The van der Waals surface area contributed by atoms with Crippen LogP contribution in [0.25, 0.3) is 0 Å². The summed E-state index contributed by atoms with van der Waals surface area (Å²) in [6.45, 7) is 5.21. The molecule has 0 radical (unpaired) electrons. The molecule has 1 aliphatic rings. The maximum atomic E-state index is 12.2. The molecule has 2 amide bonds. The molecule has 0 aromatic carbocycles. The van der Waals surface area contributed by atoms with Crippen molar-refractivity contribution in [3.63, 3.8) is 0 Å². The second kappa shape index (κ2) is 7.06. The van der Waals surface area contributed by atoms with Gasteiger partial charge in [-0.3, -0.25) is 9.78 Å². The lowest BCUT2D eigenvalue weighted by molar-refractivity contribution is 0.0859. The van der Waals surface area contributed by atoms with E-state index in [0.29, 0.717) is 25.3 Å². The minimum absolute atomic E-state index is 0.0859. The number of likely N-dealkylation sites (tertiary alicyclic amines) is 1. The molecule has 2 rings (SSSR count). The van der Waals surface area contributed by atoms with Gasteiger partial charge in [0.05, 0.1) is 12.2 Å². The van der Waals surface area contributed by atoms with Gasteiger partial charge in [-0.15, -0.1) is 0 Å². The third-order valence-corrected chi connectivity index (χ3v) is 3.61. The van der Waals surface area contributed by atoms with Crippen LogP contribution in [-0.2, 0) is 4.74 Å². The zero-order valence-electron chi connectivity index (χ0n) is 12.5. The van der Waals surface area contributed by atoms with E-state index in [1.54, 1.807) is 30.2 Å². The van der Waals surface area contributed by atoms with Crippen LogP contribution in [0.15, 0.2) is 18.3 Å². The fourth-order valence-electron chi connectivity index (χ4n) is 2.41. The number of nitrogens with one attached hydrogen (secondary N) is 1. The Balaban J connectivity index is 1.85. The zero-order chi connectivity index (χ0) is 15.2. The Morgan fingerprint density at radius 1 is 1.43 bits per heavy atom. The average molecular weight is 291 g/mol. The first-order valence-electron chi connectivity index (χ1n) is 7.26. The number of nitrogens with zero attached hydrogens (tertiary/aromatic N) is 2. The van der Waals surface area contributed by atoms with Crippen LogP contribution in [-0.4, -0.2) is 47.6 Å². The highest BCUT2D eigenvalue weighted by molar-refractivity contribution is 5.95. The SMILES string of the molecule is CCOC(=O)N1CCC(NC(=O)c2cccnc2C)CC1. The monoisotopic (exact) mass is 291 g/mol. The molecule has 0 atom stereocenters. The van der Waals surface area contributed by atoms with Crippen molar-refractivity contribution in [3.8, 4) is 0 Å². The summed E-state index contributed by atoms with van der Waals surface area (Å²) in [4.78, 5) is 29.6. The topological polar surface area (TPSA) is 71.5 Å². The minimum atomic E-state index is -0.273. The van der Waals surface area contributed by atoms with Crippen molar-refractivity contribution in [1.29, 1.82) is 0 Å². The third-order valence-electron chi connectivity index (χ3n) is 3.61. The van der Waals surface area contributed by atoms with E-state index in [0.717, 1.165) is 18.5 Å². The van der Waals surface area contributed by atoms with Crippen molar-refractivity contribution in [2.45, 2.75) is 32.7 Å². The summed E-state index contributed by atoms with van der Waals surface area (Å²) in [6.07, 6.45) is 2.88. The van der Waals surface area contributed by atoms with Crippen molar-refractivity contribution >= 4 is 12.0 Å². The summed E-state index contributed by atoms with van der Waals surface area (Å²) in [7, 11) is 0. The van der Waals surface area contributed by atoms with Gasteiger partial charge in [0.15, 0.2) is 0 Å². The average Bonchev–Trinajstić information content (AvgIpc) is 2.48. The molecule has 0 unspecified atom stereocenters. The van der Waals surface area contributed by atoms with E-state index in [9.17, 15) is 9.59 Å². The van der Waals surface area contributed by atoms with Crippen LogP contribution in [0, 0.1) is 6.92 Å². The summed E-state index contributed by atoms with van der Waals surface area (Å²) < 4.78 is 4.97. The smallest absolute Gasteiger partial charge is 0.409 e. The summed E-state index contributed by atoms with van der Waals surface area (Å²) in [5.74, 6) is -0.102. The van der Waals surface area contributed by atoms with Crippen molar-refractivity contribution in [3.05, 3.63) is 29.6 Å². The van der Waals surface area contributed by atoms with Crippen molar-refractivity contribution < 1.29 is 14.3 Å². The van der Waals surface area contributed by atoms with Gasteiger partial charge in [-0.25, -0.2) is 4.79 Å². The van der Waals surface area contributed by atoms with E-state index in [1.165, 1.54) is 0 Å². The lowest BCUT2D eigenvalue weighted by atomic mass is 10.0. The van der Waals surface area contributed by atoms with Gasteiger partial charge in [-0.05, 0) is 38.8 Å². The first kappa shape index (κ1) is 15.3. The van der Waals surface area contributed by atoms with Gasteiger partial charge in [-0.1, -0.05) is 0 Å². The predicted molar refractivity (Wildman–Crippen MR) is 78.1 cm³/mol. The molecule has 21 heavy (non-hydrogen) atoms. The predicted octanol–water partition coefficient (Wildman–Crippen LogP) is 1.74. The number of carbonyl (C=O) groups excluding carboxylic acids is 2. The van der Waals surface area contributed by atoms with Gasteiger partial charge in [0, 0.05) is 31.0 Å². The standard InChI is InChI=1S/C15H21N3O3/c1-3-21-15(20)18-9-6-12(7-10-18)17-14(19)13-5-4-8-16-11(13)2/h4-5,8,12H,3,6-7,9-10H2,1-2H3,(H,17,19). The first-order valence-corrected chi connectivity index (χ1v) is 7.26. The number of aromatic nitrogens is 1. The Hall–Kier alpha value is -2.11. The fraction of sp³-hybridized carbons (Fsp3) is 0.533. The van der Waals surface area contributed by atoms with E-state index in [2.05, 4.69) is 10.3 Å². The van der Waals surface area contributed by atoms with Crippen molar-refractivity contribution in [2.24, 2.45) is 0 Å². The molecule has 0 saturated carbocycles. The lowest BCUT2D eigenvalue weighted by Crippen LogP contribution is -2.46. The molecule has 0 aliphatic carbocycles. The number of carbonyl (C=O) groups is 2. The first-order chi connectivity index (χ1) is 10.1. The van der Waals surface area contributed by atoms with E-state index < -0.39 is 0 Å². The molecule has 0 bridgehead atoms. The highest BCUT2D eigenvalue weighted by Crippen LogP contribution is 2.13. The summed E-state index contributed by atoms with van der Waals surface area (Å²) >= 11 is 0. The van der Waals surface area contributed by atoms with Gasteiger partial charge in [0.1, 0.15) is 0 Å². The minimum Gasteiger partial charge on any atom is -0.450 e. The Kier molecular flexibility index (Phi) is 5.14. The number of ether oxygens (including phenoxy) is 1. The van der Waals surface area contributed by atoms with E-state index in [4.69, 9.17) is 4.74 Å². The van der Waals surface area contributed by atoms with Crippen LogP contribution in [0.1, 0.15) is 35.8 Å². The Morgan fingerprint density at radius 2 is 2.14 bits per heavy atom. The molecule has 1 aliphatic heterocycles. The van der Waals surface area contributed by atoms with Crippen LogP contribution in [0.2, 0.25) is 0 Å². The highest BCUT2D eigenvalue weighted by Gasteiger charge is 2.25. The number of aryl methyl sites for hydroxylation is 1. The second-order valence-corrected chi connectivity index (χ2v) is 5.07. The second-order valence-electron chi connectivity index (χ2n) is 5.07. The molecule has 6 heteroatoms. The highest BCUT2D eigenvalue weighted by atomic mass is 16.6. The molecule has 0 spiro atoms. The van der Waals surface area contributed by atoms with Gasteiger partial charge in [-0.2, -0.15) is 0 Å². The molecular weight excluding hydrogens is 270 g/mol. The van der Waals surface area contributed by atoms with E-state index >= 15 is 0 Å². The Bertz CT molecular complexity index is 511. The maximum Gasteiger partial charge on any atom is 0.409 e. The van der Waals surface area contributed by atoms with Crippen LogP contribution in [0.5, 0.6) is 0 Å². The molecule has 2 heterocycles. The number of hydrogen-bond acceptors (Lipinski definition) is 4. The summed E-state index contributed by atoms with van der Waals surface area (Å²) in [5.41, 5.74) is 1.32. The molecule has 1 aromatic heterocycles. The molecule has 1 N–H and O–H groups in total. The maximum absolute atomic E-state index is 12.2. The van der Waals surface area contributed by atoms with Crippen LogP contribution < -0.4 is 5.32 Å². The molecule has 1 aromatic rings. The normalized spacial score (nSPS) is 15.6.